The molecule has 1 unspecified atom stereocenters. The van der Waals surface area contributed by atoms with Crippen molar-refractivity contribution < 1.29 is 19.4 Å². The number of aryl methyl sites for hydroxylation is 2. The summed E-state index contributed by atoms with van der Waals surface area (Å²) < 4.78 is 5.62. The number of hydrogen-bond donors (Lipinski definition) is 1. The molecule has 0 aromatic heterocycles. The Morgan fingerprint density at radius 3 is 2.87 bits per heavy atom. The van der Waals surface area contributed by atoms with Crippen LogP contribution >= 0.6 is 0 Å². The van der Waals surface area contributed by atoms with Crippen molar-refractivity contribution in [2.45, 2.75) is 52.0 Å². The average Bonchev–Trinajstić information content (AvgIpc) is 3.00. The third-order valence-electron chi connectivity index (χ3n) is 4.21. The van der Waals surface area contributed by atoms with Gasteiger partial charge < -0.3 is 14.7 Å². The van der Waals surface area contributed by atoms with Crippen LogP contribution in [0.1, 0.15) is 43.7 Å². The van der Waals surface area contributed by atoms with E-state index in [1.54, 1.807) is 0 Å². The predicted octanol–water partition coefficient (Wildman–Crippen LogP) is 2.79. The van der Waals surface area contributed by atoms with Crippen molar-refractivity contribution in [1.82, 2.24) is 4.90 Å². The van der Waals surface area contributed by atoms with Crippen molar-refractivity contribution in [2.24, 2.45) is 0 Å². The fourth-order valence-electron chi connectivity index (χ4n) is 3.10. The summed E-state index contributed by atoms with van der Waals surface area (Å²) in [4.78, 5) is 24.9. The number of rotatable bonds is 7. The van der Waals surface area contributed by atoms with Crippen molar-refractivity contribution in [2.75, 3.05) is 13.2 Å². The van der Waals surface area contributed by atoms with Crippen LogP contribution in [-0.4, -0.2) is 41.1 Å². The molecule has 1 aliphatic heterocycles. The number of carboxylic acids is 1. The second kappa shape index (κ2) is 7.99. The summed E-state index contributed by atoms with van der Waals surface area (Å²) in [6, 6.07) is 5.43. The first-order chi connectivity index (χ1) is 11.0. The van der Waals surface area contributed by atoms with Crippen LogP contribution in [0.25, 0.3) is 0 Å². The van der Waals surface area contributed by atoms with E-state index in [-0.39, 0.29) is 5.91 Å². The molecular weight excluding hydrogens is 294 g/mol. The van der Waals surface area contributed by atoms with Gasteiger partial charge in [0.15, 0.2) is 0 Å². The largest absolute Gasteiger partial charge is 0.494 e. The number of carboxylic acid groups (broad SMARTS) is 1. The average molecular weight is 319 g/mol. The number of hydrogen-bond acceptors (Lipinski definition) is 3. The molecule has 1 aromatic rings. The van der Waals surface area contributed by atoms with E-state index in [1.807, 2.05) is 26.0 Å². The molecule has 1 atom stereocenters. The highest BCUT2D eigenvalue weighted by Gasteiger charge is 2.33. The smallest absolute Gasteiger partial charge is 0.326 e. The number of nitrogens with zero attached hydrogens (tertiary/aromatic N) is 1. The minimum absolute atomic E-state index is 0.0551. The molecule has 0 bridgehead atoms. The zero-order chi connectivity index (χ0) is 16.8. The fraction of sp³-hybridized carbons (Fsp3) is 0.556. The first kappa shape index (κ1) is 17.3. The SMILES string of the molecule is CCOc1ccc(C)cc1CCCC(=O)N1CCCC1C(=O)O. The Morgan fingerprint density at radius 2 is 2.17 bits per heavy atom. The standard InChI is InChI=1S/C18H25NO4/c1-3-23-16-10-9-13(2)12-14(16)6-4-8-17(20)19-11-5-7-15(19)18(21)22/h9-10,12,15H,3-8,11H2,1-2H3,(H,21,22). The van der Waals surface area contributed by atoms with E-state index in [9.17, 15) is 9.59 Å². The van der Waals surface area contributed by atoms with Gasteiger partial charge in [0.25, 0.3) is 0 Å². The number of carbonyl (C=O) groups is 2. The van der Waals surface area contributed by atoms with E-state index in [1.165, 1.54) is 10.5 Å². The minimum Gasteiger partial charge on any atom is -0.494 e. The van der Waals surface area contributed by atoms with Gasteiger partial charge in [0.05, 0.1) is 6.61 Å². The highest BCUT2D eigenvalue weighted by Crippen LogP contribution is 2.23. The maximum absolute atomic E-state index is 12.3. The second-order valence-electron chi connectivity index (χ2n) is 5.98. The lowest BCUT2D eigenvalue weighted by molar-refractivity contribution is -0.148. The van der Waals surface area contributed by atoms with E-state index >= 15 is 0 Å². The molecule has 0 spiro atoms. The van der Waals surface area contributed by atoms with Gasteiger partial charge in [0.1, 0.15) is 11.8 Å². The first-order valence-corrected chi connectivity index (χ1v) is 8.27. The summed E-state index contributed by atoms with van der Waals surface area (Å²) in [7, 11) is 0. The van der Waals surface area contributed by atoms with Gasteiger partial charge in [0, 0.05) is 13.0 Å². The third-order valence-corrected chi connectivity index (χ3v) is 4.21. The molecule has 23 heavy (non-hydrogen) atoms. The summed E-state index contributed by atoms with van der Waals surface area (Å²) in [6.45, 7) is 5.16. The topological polar surface area (TPSA) is 66.8 Å². The van der Waals surface area contributed by atoms with Gasteiger partial charge in [-0.25, -0.2) is 4.79 Å². The molecule has 1 amide bonds. The van der Waals surface area contributed by atoms with E-state index in [0.29, 0.717) is 32.4 Å². The first-order valence-electron chi connectivity index (χ1n) is 8.27. The van der Waals surface area contributed by atoms with Crippen molar-refractivity contribution in [3.63, 3.8) is 0 Å². The van der Waals surface area contributed by atoms with Gasteiger partial charge >= 0.3 is 5.97 Å². The minimum atomic E-state index is -0.895. The molecule has 1 saturated heterocycles. The van der Waals surface area contributed by atoms with Gasteiger partial charge in [-0.05, 0) is 51.2 Å². The van der Waals surface area contributed by atoms with Gasteiger partial charge in [-0.2, -0.15) is 0 Å². The molecule has 0 aliphatic carbocycles. The lowest BCUT2D eigenvalue weighted by Crippen LogP contribution is -2.40. The molecular formula is C18H25NO4. The molecule has 1 aliphatic rings. The molecule has 1 aromatic carbocycles. The summed E-state index contributed by atoms with van der Waals surface area (Å²) in [5.74, 6) is -0.0798. The second-order valence-corrected chi connectivity index (χ2v) is 5.98. The van der Waals surface area contributed by atoms with Crippen LogP contribution in [-0.2, 0) is 16.0 Å². The molecule has 0 saturated carbocycles. The number of amides is 1. The van der Waals surface area contributed by atoms with Gasteiger partial charge in [-0.15, -0.1) is 0 Å². The van der Waals surface area contributed by atoms with Crippen molar-refractivity contribution in [1.29, 1.82) is 0 Å². The van der Waals surface area contributed by atoms with E-state index in [0.717, 1.165) is 24.2 Å². The molecule has 1 N–H and O–H groups in total. The van der Waals surface area contributed by atoms with Crippen LogP contribution in [0.3, 0.4) is 0 Å². The number of likely N-dealkylation sites (tertiary alicyclic amines) is 1. The summed E-state index contributed by atoms with van der Waals surface area (Å²) in [5.41, 5.74) is 2.27. The van der Waals surface area contributed by atoms with E-state index in [4.69, 9.17) is 9.84 Å². The van der Waals surface area contributed by atoms with Gasteiger partial charge in [-0.3, -0.25) is 4.79 Å². The lowest BCUT2D eigenvalue weighted by Gasteiger charge is -2.21. The predicted molar refractivity (Wildman–Crippen MR) is 87.7 cm³/mol. The van der Waals surface area contributed by atoms with Gasteiger partial charge in [-0.1, -0.05) is 17.7 Å². The maximum atomic E-state index is 12.3. The van der Waals surface area contributed by atoms with E-state index < -0.39 is 12.0 Å². The Bertz CT molecular complexity index is 570. The van der Waals surface area contributed by atoms with E-state index in [2.05, 4.69) is 6.07 Å². The molecule has 126 valence electrons. The van der Waals surface area contributed by atoms with Crippen molar-refractivity contribution in [3.8, 4) is 5.75 Å². The Kier molecular flexibility index (Phi) is 6.02. The van der Waals surface area contributed by atoms with Crippen LogP contribution in [0, 0.1) is 6.92 Å². The Morgan fingerprint density at radius 1 is 1.39 bits per heavy atom. The molecule has 5 heteroatoms. The highest BCUT2D eigenvalue weighted by atomic mass is 16.5. The quantitative estimate of drug-likeness (QED) is 0.839. The fourth-order valence-corrected chi connectivity index (χ4v) is 3.10. The number of ether oxygens (including phenoxy) is 1. The Labute approximate surface area is 137 Å². The van der Waals surface area contributed by atoms with Crippen LogP contribution in [0.15, 0.2) is 18.2 Å². The van der Waals surface area contributed by atoms with Crippen LogP contribution in [0.5, 0.6) is 5.75 Å². The summed E-state index contributed by atoms with van der Waals surface area (Å²) in [5, 5.41) is 9.15. The number of benzene rings is 1. The normalized spacial score (nSPS) is 17.3. The lowest BCUT2D eigenvalue weighted by atomic mass is 10.0. The molecule has 0 radical (unpaired) electrons. The summed E-state index contributed by atoms with van der Waals surface area (Å²) in [6.07, 6.45) is 3.17. The monoisotopic (exact) mass is 319 g/mol. The zero-order valence-electron chi connectivity index (χ0n) is 13.9. The molecule has 1 heterocycles. The van der Waals surface area contributed by atoms with Crippen LogP contribution < -0.4 is 4.74 Å². The zero-order valence-corrected chi connectivity index (χ0v) is 13.9. The number of carbonyl (C=O) groups excluding carboxylic acids is 1. The Hall–Kier alpha value is -2.04. The molecule has 1 fully saturated rings. The maximum Gasteiger partial charge on any atom is 0.326 e. The van der Waals surface area contributed by atoms with Crippen molar-refractivity contribution >= 4 is 11.9 Å². The van der Waals surface area contributed by atoms with Gasteiger partial charge in [0.2, 0.25) is 5.91 Å². The molecule has 2 rings (SSSR count). The Balaban J connectivity index is 1.91. The van der Waals surface area contributed by atoms with Crippen LogP contribution in [0.4, 0.5) is 0 Å². The molecule has 5 nitrogen and oxygen atoms in total. The highest BCUT2D eigenvalue weighted by molar-refractivity contribution is 5.84. The third kappa shape index (κ3) is 4.47. The number of aliphatic carboxylic acids is 1. The van der Waals surface area contributed by atoms with Crippen LogP contribution in [0.2, 0.25) is 0 Å². The van der Waals surface area contributed by atoms with Crippen molar-refractivity contribution in [3.05, 3.63) is 29.3 Å². The summed E-state index contributed by atoms with van der Waals surface area (Å²) >= 11 is 0.